The zero-order valence-corrected chi connectivity index (χ0v) is 15.7. The Kier molecular flexibility index (Phi) is 6.64. The maximum absolute atomic E-state index is 12.4. The number of ether oxygens (including phenoxy) is 2. The fraction of sp³-hybridized carbons (Fsp3) is 0.353. The lowest BCUT2D eigenvalue weighted by Crippen LogP contribution is -2.37. The molecule has 0 fully saturated rings. The summed E-state index contributed by atoms with van der Waals surface area (Å²) in [5, 5.41) is 0. The summed E-state index contributed by atoms with van der Waals surface area (Å²) in [5.74, 6) is 1.21. The van der Waals surface area contributed by atoms with E-state index in [1.54, 1.807) is 12.1 Å². The van der Waals surface area contributed by atoms with Gasteiger partial charge in [0.25, 0.3) is 0 Å². The second-order valence-corrected chi connectivity index (χ2v) is 7.20. The smallest absolute Gasteiger partial charge is 0.240 e. The third-order valence-corrected chi connectivity index (χ3v) is 5.17. The first-order valence-corrected chi connectivity index (χ1v) is 9.35. The maximum atomic E-state index is 12.4. The molecule has 26 heavy (non-hydrogen) atoms. The van der Waals surface area contributed by atoms with Crippen molar-refractivity contribution in [3.8, 4) is 11.5 Å². The number of amides is 1. The summed E-state index contributed by atoms with van der Waals surface area (Å²) in [7, 11) is -0.845. The van der Waals surface area contributed by atoms with Crippen LogP contribution in [0.25, 0.3) is 0 Å². The zero-order valence-electron chi connectivity index (χ0n) is 14.9. The molecule has 2 rings (SSSR count). The lowest BCUT2D eigenvalue weighted by atomic mass is 10.3. The molecule has 0 bridgehead atoms. The Morgan fingerprint density at radius 1 is 1.19 bits per heavy atom. The molecular weight excluding hydrogens is 360 g/mol. The third-order valence-electron chi connectivity index (χ3n) is 3.71. The topological polar surface area (TPSA) is 98.1 Å². The van der Waals surface area contributed by atoms with E-state index in [0.29, 0.717) is 17.3 Å². The average Bonchev–Trinajstić information content (AvgIpc) is 3.13. The number of hydrogen-bond donors (Lipinski definition) is 1. The van der Waals surface area contributed by atoms with E-state index >= 15 is 0 Å². The van der Waals surface area contributed by atoms with Gasteiger partial charge in [0.2, 0.25) is 15.9 Å². The predicted octanol–water partition coefficient (Wildman–Crippen LogP) is 1.62. The van der Waals surface area contributed by atoms with Crippen LogP contribution in [-0.2, 0) is 21.4 Å². The van der Waals surface area contributed by atoms with Crippen molar-refractivity contribution in [2.75, 3.05) is 27.3 Å². The van der Waals surface area contributed by atoms with Crippen molar-refractivity contribution in [1.29, 1.82) is 0 Å². The molecule has 0 aliphatic carbocycles. The average molecular weight is 382 g/mol. The highest BCUT2D eigenvalue weighted by molar-refractivity contribution is 7.89. The zero-order chi connectivity index (χ0) is 19.2. The van der Waals surface area contributed by atoms with Gasteiger partial charge in [-0.05, 0) is 24.3 Å². The number of rotatable bonds is 9. The number of carbonyl (C=O) groups excluding carboxylic acids is 1. The SMILES string of the molecule is COc1ccc(S(=O)(=O)NCCN(Cc2ccco2)C(C)=O)cc1OC. The van der Waals surface area contributed by atoms with Gasteiger partial charge in [0.1, 0.15) is 5.76 Å². The molecule has 1 N–H and O–H groups in total. The van der Waals surface area contributed by atoms with Gasteiger partial charge in [-0.2, -0.15) is 0 Å². The summed E-state index contributed by atoms with van der Waals surface area (Å²) in [4.78, 5) is 13.3. The van der Waals surface area contributed by atoms with Gasteiger partial charge in [0, 0.05) is 26.1 Å². The van der Waals surface area contributed by atoms with Gasteiger partial charge >= 0.3 is 0 Å². The first-order chi connectivity index (χ1) is 12.4. The largest absolute Gasteiger partial charge is 0.493 e. The lowest BCUT2D eigenvalue weighted by molar-refractivity contribution is -0.129. The predicted molar refractivity (Wildman–Crippen MR) is 94.5 cm³/mol. The molecule has 1 heterocycles. The molecule has 1 aromatic carbocycles. The molecule has 0 unspecified atom stereocenters. The number of nitrogens with zero attached hydrogens (tertiary/aromatic N) is 1. The van der Waals surface area contributed by atoms with E-state index in [9.17, 15) is 13.2 Å². The first-order valence-electron chi connectivity index (χ1n) is 7.87. The van der Waals surface area contributed by atoms with Gasteiger partial charge in [0.05, 0.1) is 31.9 Å². The molecule has 0 atom stereocenters. The Morgan fingerprint density at radius 2 is 1.92 bits per heavy atom. The molecule has 2 aromatic rings. The first kappa shape index (κ1) is 19.8. The molecular formula is C17H22N2O6S. The van der Waals surface area contributed by atoms with Crippen LogP contribution in [0.4, 0.5) is 0 Å². The monoisotopic (exact) mass is 382 g/mol. The van der Waals surface area contributed by atoms with Crippen molar-refractivity contribution in [2.45, 2.75) is 18.4 Å². The number of sulfonamides is 1. The highest BCUT2D eigenvalue weighted by Gasteiger charge is 2.18. The van der Waals surface area contributed by atoms with Crippen molar-refractivity contribution in [1.82, 2.24) is 9.62 Å². The van der Waals surface area contributed by atoms with Crippen LogP contribution in [0.5, 0.6) is 11.5 Å². The molecule has 0 spiro atoms. The van der Waals surface area contributed by atoms with Crippen LogP contribution < -0.4 is 14.2 Å². The number of methoxy groups -OCH3 is 2. The minimum atomic E-state index is -3.75. The summed E-state index contributed by atoms with van der Waals surface area (Å²) in [6, 6.07) is 7.81. The number of nitrogens with one attached hydrogen (secondary N) is 1. The van der Waals surface area contributed by atoms with Gasteiger partial charge in [-0.25, -0.2) is 13.1 Å². The van der Waals surface area contributed by atoms with Gasteiger partial charge < -0.3 is 18.8 Å². The number of furan rings is 1. The fourth-order valence-electron chi connectivity index (χ4n) is 2.32. The summed E-state index contributed by atoms with van der Waals surface area (Å²) < 4.78 is 42.8. The van der Waals surface area contributed by atoms with Crippen LogP contribution in [0.15, 0.2) is 45.9 Å². The number of hydrogen-bond acceptors (Lipinski definition) is 6. The van der Waals surface area contributed by atoms with E-state index in [0.717, 1.165) is 0 Å². The molecule has 9 heteroatoms. The quantitative estimate of drug-likeness (QED) is 0.708. The summed E-state index contributed by atoms with van der Waals surface area (Å²) in [5.41, 5.74) is 0. The third kappa shape index (κ3) is 4.99. The number of benzene rings is 1. The van der Waals surface area contributed by atoms with E-state index in [2.05, 4.69) is 4.72 Å². The molecule has 1 aromatic heterocycles. The Bertz CT molecular complexity index is 833. The molecule has 0 aliphatic rings. The summed E-state index contributed by atoms with van der Waals surface area (Å²) in [6.07, 6.45) is 1.52. The Morgan fingerprint density at radius 3 is 2.50 bits per heavy atom. The maximum Gasteiger partial charge on any atom is 0.240 e. The summed E-state index contributed by atoms with van der Waals surface area (Å²) >= 11 is 0. The van der Waals surface area contributed by atoms with Crippen molar-refractivity contribution in [2.24, 2.45) is 0 Å². The minimum absolute atomic E-state index is 0.0514. The second kappa shape index (κ2) is 8.72. The normalized spacial score (nSPS) is 11.2. The molecule has 0 aliphatic heterocycles. The van der Waals surface area contributed by atoms with Crippen LogP contribution in [0, 0.1) is 0 Å². The Balaban J connectivity index is 2.01. The van der Waals surface area contributed by atoms with E-state index in [4.69, 9.17) is 13.9 Å². The number of carbonyl (C=O) groups is 1. The van der Waals surface area contributed by atoms with Crippen LogP contribution in [0.3, 0.4) is 0 Å². The lowest BCUT2D eigenvalue weighted by Gasteiger charge is -2.20. The summed E-state index contributed by atoms with van der Waals surface area (Å²) in [6.45, 7) is 1.98. The van der Waals surface area contributed by atoms with Crippen LogP contribution in [0.1, 0.15) is 12.7 Å². The van der Waals surface area contributed by atoms with Crippen molar-refractivity contribution in [3.63, 3.8) is 0 Å². The van der Waals surface area contributed by atoms with E-state index in [-0.39, 0.29) is 30.4 Å². The standard InChI is InChI=1S/C17H22N2O6S/c1-13(20)19(12-14-5-4-10-25-14)9-8-18-26(21,22)15-6-7-16(23-2)17(11-15)24-3/h4-7,10-11,18H,8-9,12H2,1-3H3. The second-order valence-electron chi connectivity index (χ2n) is 5.43. The van der Waals surface area contributed by atoms with Crippen LogP contribution in [-0.4, -0.2) is 46.5 Å². The Labute approximate surface area is 152 Å². The van der Waals surface area contributed by atoms with E-state index < -0.39 is 10.0 Å². The molecule has 0 radical (unpaired) electrons. The van der Waals surface area contributed by atoms with Crippen LogP contribution >= 0.6 is 0 Å². The van der Waals surface area contributed by atoms with Crippen molar-refractivity contribution in [3.05, 3.63) is 42.4 Å². The molecule has 0 saturated carbocycles. The highest BCUT2D eigenvalue weighted by atomic mass is 32.2. The van der Waals surface area contributed by atoms with Crippen molar-refractivity contribution < 1.29 is 27.1 Å². The minimum Gasteiger partial charge on any atom is -0.493 e. The van der Waals surface area contributed by atoms with Crippen molar-refractivity contribution >= 4 is 15.9 Å². The van der Waals surface area contributed by atoms with Gasteiger partial charge in [-0.1, -0.05) is 0 Å². The van der Waals surface area contributed by atoms with Gasteiger partial charge in [-0.3, -0.25) is 4.79 Å². The fourth-order valence-corrected chi connectivity index (χ4v) is 3.36. The molecule has 142 valence electrons. The Hall–Kier alpha value is -2.52. The van der Waals surface area contributed by atoms with E-state index in [1.807, 2.05) is 0 Å². The molecule has 1 amide bonds. The highest BCUT2D eigenvalue weighted by Crippen LogP contribution is 2.29. The van der Waals surface area contributed by atoms with Crippen LogP contribution in [0.2, 0.25) is 0 Å². The van der Waals surface area contributed by atoms with Gasteiger partial charge in [-0.15, -0.1) is 0 Å². The van der Waals surface area contributed by atoms with E-state index in [1.165, 1.54) is 50.5 Å². The molecule has 8 nitrogen and oxygen atoms in total. The molecule has 0 saturated heterocycles. The van der Waals surface area contributed by atoms with Gasteiger partial charge in [0.15, 0.2) is 11.5 Å².